The van der Waals surface area contributed by atoms with E-state index in [1.807, 2.05) is 13.8 Å². The molecule has 0 aromatic rings. The normalized spacial score (nSPS) is 46.9. The molecule has 3 aliphatic heterocycles. The van der Waals surface area contributed by atoms with Gasteiger partial charge in [-0.1, -0.05) is 6.10 Å². The quantitative estimate of drug-likeness (QED) is 0.464. The molecule has 3 saturated heterocycles. The number of fused-ring (bicyclic) bond motifs is 1. The summed E-state index contributed by atoms with van der Waals surface area (Å²) in [5.74, 6) is -1.41. The second-order valence-corrected chi connectivity index (χ2v) is 5.90. The standard InChI is InChI=1S/C12H19O6.Li/c1-11(2)14-5-6(16-11)8-7(13)9-10(15-8)18-12(3,4)17-9;/h6-10H,5H2,1-4H3;/q-1;+1/t6-,7+,8-,9-,10-;/m1./s1. The molecular formula is C12H19LiO6. The van der Waals surface area contributed by atoms with E-state index in [-0.39, 0.29) is 25.0 Å². The van der Waals surface area contributed by atoms with Crippen LogP contribution in [0.15, 0.2) is 0 Å². The molecule has 0 aromatic heterocycles. The van der Waals surface area contributed by atoms with Crippen LogP contribution in [0.25, 0.3) is 0 Å². The molecule has 104 valence electrons. The van der Waals surface area contributed by atoms with Crippen molar-refractivity contribution in [2.75, 3.05) is 6.61 Å². The third-order valence-corrected chi connectivity index (χ3v) is 3.42. The second kappa shape index (κ2) is 4.97. The maximum absolute atomic E-state index is 12.3. The summed E-state index contributed by atoms with van der Waals surface area (Å²) in [6.45, 7) is 7.54. The fourth-order valence-electron chi connectivity index (χ4n) is 2.68. The van der Waals surface area contributed by atoms with Gasteiger partial charge in [-0.05, 0) is 27.7 Å². The van der Waals surface area contributed by atoms with Gasteiger partial charge in [0, 0.05) is 0 Å². The van der Waals surface area contributed by atoms with Crippen LogP contribution in [-0.2, 0) is 23.7 Å². The smallest absolute Gasteiger partial charge is 0.848 e. The molecule has 0 spiro atoms. The summed E-state index contributed by atoms with van der Waals surface area (Å²) >= 11 is 0. The third-order valence-electron chi connectivity index (χ3n) is 3.42. The predicted molar refractivity (Wildman–Crippen MR) is 57.4 cm³/mol. The van der Waals surface area contributed by atoms with Crippen molar-refractivity contribution < 1.29 is 47.7 Å². The van der Waals surface area contributed by atoms with Gasteiger partial charge in [0.25, 0.3) is 0 Å². The van der Waals surface area contributed by atoms with Crippen LogP contribution < -0.4 is 24.0 Å². The summed E-state index contributed by atoms with van der Waals surface area (Å²) in [4.78, 5) is 0. The molecule has 3 heterocycles. The fourth-order valence-corrected chi connectivity index (χ4v) is 2.68. The number of hydrogen-bond donors (Lipinski definition) is 0. The molecule has 0 N–H and O–H groups in total. The van der Waals surface area contributed by atoms with Gasteiger partial charge in [-0.2, -0.15) is 0 Å². The van der Waals surface area contributed by atoms with Crippen LogP contribution >= 0.6 is 0 Å². The summed E-state index contributed by atoms with van der Waals surface area (Å²) in [5.41, 5.74) is 0. The van der Waals surface area contributed by atoms with Crippen LogP contribution in [0.4, 0.5) is 0 Å². The molecule has 0 amide bonds. The van der Waals surface area contributed by atoms with Crippen molar-refractivity contribution in [1.82, 2.24) is 0 Å². The maximum atomic E-state index is 12.3. The van der Waals surface area contributed by atoms with Crippen molar-refractivity contribution in [3.05, 3.63) is 0 Å². The molecule has 0 aromatic carbocycles. The Balaban J connectivity index is 0.00000133. The second-order valence-electron chi connectivity index (χ2n) is 5.90. The zero-order valence-electron chi connectivity index (χ0n) is 12.0. The minimum absolute atomic E-state index is 0. The molecular weight excluding hydrogens is 247 g/mol. The first-order valence-corrected chi connectivity index (χ1v) is 6.26. The molecule has 5 atom stereocenters. The molecule has 3 rings (SSSR count). The molecule has 0 saturated carbocycles. The topological polar surface area (TPSA) is 69.2 Å². The van der Waals surface area contributed by atoms with Gasteiger partial charge in [-0.3, -0.25) is 0 Å². The Morgan fingerprint density at radius 3 is 2.16 bits per heavy atom. The molecule has 7 heteroatoms. The largest absolute Gasteiger partial charge is 1.00 e. The van der Waals surface area contributed by atoms with E-state index < -0.39 is 36.2 Å². The van der Waals surface area contributed by atoms with Gasteiger partial charge in [0.05, 0.1) is 12.7 Å². The first-order valence-electron chi connectivity index (χ1n) is 6.26. The van der Waals surface area contributed by atoms with Gasteiger partial charge in [0.2, 0.25) is 0 Å². The maximum Gasteiger partial charge on any atom is 1.00 e. The summed E-state index contributed by atoms with van der Waals surface area (Å²) in [6, 6.07) is 0. The van der Waals surface area contributed by atoms with Crippen molar-refractivity contribution >= 4 is 0 Å². The van der Waals surface area contributed by atoms with Crippen LogP contribution in [0, 0.1) is 0 Å². The minimum atomic E-state index is -1.01. The molecule has 3 aliphatic rings. The first-order chi connectivity index (χ1) is 8.27. The summed E-state index contributed by atoms with van der Waals surface area (Å²) in [5, 5.41) is 12.3. The van der Waals surface area contributed by atoms with Crippen LogP contribution in [0.3, 0.4) is 0 Å². The van der Waals surface area contributed by atoms with Gasteiger partial charge in [-0.25, -0.2) is 0 Å². The summed E-state index contributed by atoms with van der Waals surface area (Å²) in [6.07, 6.45) is -3.13. The van der Waals surface area contributed by atoms with Gasteiger partial charge in [0.1, 0.15) is 12.2 Å². The van der Waals surface area contributed by atoms with Crippen LogP contribution in [-0.4, -0.2) is 48.9 Å². The van der Waals surface area contributed by atoms with Gasteiger partial charge < -0.3 is 28.8 Å². The van der Waals surface area contributed by atoms with E-state index in [2.05, 4.69) is 0 Å². The Hall–Kier alpha value is 0.357. The van der Waals surface area contributed by atoms with Crippen molar-refractivity contribution in [3.8, 4) is 0 Å². The van der Waals surface area contributed by atoms with E-state index in [0.717, 1.165) is 0 Å². The molecule has 3 fully saturated rings. The fraction of sp³-hybridized carbons (Fsp3) is 1.00. The monoisotopic (exact) mass is 266 g/mol. The Bertz CT molecular complexity index is 347. The Kier molecular flexibility index (Phi) is 4.12. The SMILES string of the molecule is CC1(C)O[C@H]2O[C@H]([C@H]3COC(C)(C)O3)[C@H]([O-])[C@H]2O1.[Li+]. The zero-order chi connectivity index (χ0) is 13.1. The van der Waals surface area contributed by atoms with E-state index in [0.29, 0.717) is 6.61 Å². The summed E-state index contributed by atoms with van der Waals surface area (Å²) in [7, 11) is 0. The Labute approximate surface area is 124 Å². The minimum Gasteiger partial charge on any atom is -0.848 e. The number of hydrogen-bond acceptors (Lipinski definition) is 6. The first kappa shape index (κ1) is 15.7. The average molecular weight is 266 g/mol. The molecule has 6 nitrogen and oxygen atoms in total. The molecule has 0 unspecified atom stereocenters. The average Bonchev–Trinajstić information content (AvgIpc) is 2.81. The van der Waals surface area contributed by atoms with E-state index in [9.17, 15) is 5.11 Å². The van der Waals surface area contributed by atoms with Crippen molar-refractivity contribution in [3.63, 3.8) is 0 Å². The zero-order valence-corrected chi connectivity index (χ0v) is 12.0. The van der Waals surface area contributed by atoms with Gasteiger partial charge in [0.15, 0.2) is 17.9 Å². The van der Waals surface area contributed by atoms with E-state index in [4.69, 9.17) is 23.7 Å². The van der Waals surface area contributed by atoms with E-state index in [1.54, 1.807) is 13.8 Å². The number of rotatable bonds is 1. The Morgan fingerprint density at radius 2 is 1.63 bits per heavy atom. The van der Waals surface area contributed by atoms with Crippen LogP contribution in [0.1, 0.15) is 27.7 Å². The van der Waals surface area contributed by atoms with Gasteiger partial charge >= 0.3 is 18.9 Å². The van der Waals surface area contributed by atoms with Crippen LogP contribution in [0.5, 0.6) is 0 Å². The van der Waals surface area contributed by atoms with Crippen molar-refractivity contribution in [1.29, 1.82) is 0 Å². The molecule has 0 radical (unpaired) electrons. The molecule has 19 heavy (non-hydrogen) atoms. The number of ether oxygens (including phenoxy) is 5. The Morgan fingerprint density at radius 1 is 0.947 bits per heavy atom. The van der Waals surface area contributed by atoms with Crippen molar-refractivity contribution in [2.45, 2.75) is 70.0 Å². The predicted octanol–water partition coefficient (Wildman–Crippen LogP) is -3.25. The molecule has 0 aliphatic carbocycles. The third kappa shape index (κ3) is 2.87. The summed E-state index contributed by atoms with van der Waals surface area (Å²) < 4.78 is 27.9. The van der Waals surface area contributed by atoms with E-state index >= 15 is 0 Å². The van der Waals surface area contributed by atoms with Crippen molar-refractivity contribution in [2.24, 2.45) is 0 Å². The molecule has 0 bridgehead atoms. The van der Waals surface area contributed by atoms with Crippen LogP contribution in [0.2, 0.25) is 0 Å². The van der Waals surface area contributed by atoms with Gasteiger partial charge in [-0.15, -0.1) is 0 Å². The van der Waals surface area contributed by atoms with E-state index in [1.165, 1.54) is 0 Å².